The van der Waals surface area contributed by atoms with Crippen LogP contribution in [0.15, 0.2) is 35.3 Å². The first-order valence-electron chi connectivity index (χ1n) is 3.48. The average molecular weight is 247 g/mol. The molecule has 3 heteroatoms. The van der Waals surface area contributed by atoms with Gasteiger partial charge in [0.05, 0.1) is 0 Å². The first-order chi connectivity index (χ1) is 5.65. The molecular weight excluding hydrogens is 237 g/mol. The van der Waals surface area contributed by atoms with Crippen LogP contribution < -0.4 is 5.73 Å². The quantitative estimate of drug-likeness (QED) is 0.796. The van der Waals surface area contributed by atoms with Gasteiger partial charge in [0.2, 0.25) is 0 Å². The summed E-state index contributed by atoms with van der Waals surface area (Å²) in [6.45, 7) is 3.61. The largest absolute Gasteiger partial charge is 0.321 e. The minimum atomic E-state index is -0.189. The standard InChI is InChI=1S/C9H9BrClN/c1-2-9(12)7-4-3-6(10)5-8(7)11/h2-5,9H,1,12H2/t9-/m1/s1. The molecule has 0 unspecified atom stereocenters. The van der Waals surface area contributed by atoms with E-state index in [0.29, 0.717) is 5.02 Å². The van der Waals surface area contributed by atoms with Crippen LogP contribution in [-0.2, 0) is 0 Å². The maximum Gasteiger partial charge on any atom is 0.0493 e. The van der Waals surface area contributed by atoms with Crippen molar-refractivity contribution >= 4 is 27.5 Å². The van der Waals surface area contributed by atoms with E-state index in [1.54, 1.807) is 6.08 Å². The Hall–Kier alpha value is -0.310. The van der Waals surface area contributed by atoms with Crippen LogP contribution in [0.2, 0.25) is 5.02 Å². The smallest absolute Gasteiger partial charge is 0.0493 e. The van der Waals surface area contributed by atoms with Gasteiger partial charge in [-0.3, -0.25) is 0 Å². The highest BCUT2D eigenvalue weighted by Gasteiger charge is 2.05. The summed E-state index contributed by atoms with van der Waals surface area (Å²) >= 11 is 9.26. The van der Waals surface area contributed by atoms with Crippen LogP contribution >= 0.6 is 27.5 Å². The van der Waals surface area contributed by atoms with Crippen molar-refractivity contribution in [1.82, 2.24) is 0 Å². The van der Waals surface area contributed by atoms with E-state index < -0.39 is 0 Å². The van der Waals surface area contributed by atoms with Gasteiger partial charge in [-0.15, -0.1) is 6.58 Å². The molecule has 0 bridgehead atoms. The van der Waals surface area contributed by atoms with Crippen LogP contribution in [-0.4, -0.2) is 0 Å². The lowest BCUT2D eigenvalue weighted by Gasteiger charge is -2.08. The molecule has 1 atom stereocenters. The molecule has 0 amide bonds. The van der Waals surface area contributed by atoms with E-state index in [4.69, 9.17) is 17.3 Å². The average Bonchev–Trinajstić information content (AvgIpc) is 2.03. The van der Waals surface area contributed by atoms with Crippen molar-refractivity contribution < 1.29 is 0 Å². The molecule has 0 spiro atoms. The van der Waals surface area contributed by atoms with Crippen molar-refractivity contribution in [3.63, 3.8) is 0 Å². The van der Waals surface area contributed by atoms with E-state index in [1.165, 1.54) is 0 Å². The van der Waals surface area contributed by atoms with Crippen molar-refractivity contribution in [2.24, 2.45) is 5.73 Å². The van der Waals surface area contributed by atoms with Crippen LogP contribution in [0.4, 0.5) is 0 Å². The highest BCUT2D eigenvalue weighted by molar-refractivity contribution is 9.10. The lowest BCUT2D eigenvalue weighted by Crippen LogP contribution is -2.06. The Morgan fingerprint density at radius 2 is 2.25 bits per heavy atom. The molecule has 2 N–H and O–H groups in total. The molecule has 0 aromatic heterocycles. The Morgan fingerprint density at radius 1 is 1.58 bits per heavy atom. The van der Waals surface area contributed by atoms with Crippen LogP contribution in [0.25, 0.3) is 0 Å². The third kappa shape index (κ3) is 2.09. The van der Waals surface area contributed by atoms with E-state index >= 15 is 0 Å². The summed E-state index contributed by atoms with van der Waals surface area (Å²) in [5, 5.41) is 0.664. The van der Waals surface area contributed by atoms with Gasteiger partial charge in [0, 0.05) is 15.5 Å². The lowest BCUT2D eigenvalue weighted by atomic mass is 10.1. The van der Waals surface area contributed by atoms with E-state index in [2.05, 4.69) is 22.5 Å². The van der Waals surface area contributed by atoms with Gasteiger partial charge in [0.15, 0.2) is 0 Å². The zero-order chi connectivity index (χ0) is 9.14. The summed E-state index contributed by atoms with van der Waals surface area (Å²) in [6.07, 6.45) is 1.66. The molecule has 1 aromatic carbocycles. The van der Waals surface area contributed by atoms with Crippen LogP contribution in [0.1, 0.15) is 11.6 Å². The molecule has 0 saturated carbocycles. The second-order valence-electron chi connectivity index (χ2n) is 2.43. The fourth-order valence-electron chi connectivity index (χ4n) is 0.899. The highest BCUT2D eigenvalue weighted by Crippen LogP contribution is 2.25. The Kier molecular flexibility index (Phi) is 3.32. The molecule has 1 rings (SSSR count). The zero-order valence-corrected chi connectivity index (χ0v) is 8.77. The maximum atomic E-state index is 5.95. The van der Waals surface area contributed by atoms with E-state index in [-0.39, 0.29) is 6.04 Å². The summed E-state index contributed by atoms with van der Waals surface area (Å²) in [7, 11) is 0. The van der Waals surface area contributed by atoms with Gasteiger partial charge in [0.25, 0.3) is 0 Å². The number of halogens is 2. The van der Waals surface area contributed by atoms with Crippen molar-refractivity contribution in [2.75, 3.05) is 0 Å². The zero-order valence-electron chi connectivity index (χ0n) is 6.43. The van der Waals surface area contributed by atoms with Gasteiger partial charge in [-0.1, -0.05) is 39.7 Å². The molecule has 0 aliphatic carbocycles. The molecule has 1 nitrogen and oxygen atoms in total. The van der Waals surface area contributed by atoms with Gasteiger partial charge in [-0.25, -0.2) is 0 Å². The summed E-state index contributed by atoms with van der Waals surface area (Å²) in [5.74, 6) is 0. The summed E-state index contributed by atoms with van der Waals surface area (Å²) in [6, 6.07) is 5.43. The Balaban J connectivity index is 3.09. The monoisotopic (exact) mass is 245 g/mol. The summed E-state index contributed by atoms with van der Waals surface area (Å²) < 4.78 is 0.951. The molecule has 0 aliphatic rings. The Morgan fingerprint density at radius 3 is 2.75 bits per heavy atom. The van der Waals surface area contributed by atoms with Crippen LogP contribution in [0, 0.1) is 0 Å². The summed E-state index contributed by atoms with van der Waals surface area (Å²) in [5.41, 5.74) is 6.63. The molecule has 0 radical (unpaired) electrons. The number of rotatable bonds is 2. The van der Waals surface area contributed by atoms with Gasteiger partial charge >= 0.3 is 0 Å². The van der Waals surface area contributed by atoms with Crippen molar-refractivity contribution in [3.05, 3.63) is 45.9 Å². The number of nitrogens with two attached hydrogens (primary N) is 1. The summed E-state index contributed by atoms with van der Waals surface area (Å²) in [4.78, 5) is 0. The predicted octanol–water partition coefficient (Wildman–Crippen LogP) is 3.29. The first-order valence-corrected chi connectivity index (χ1v) is 4.65. The molecule has 64 valence electrons. The molecule has 0 fully saturated rings. The predicted molar refractivity (Wildman–Crippen MR) is 56.3 cm³/mol. The lowest BCUT2D eigenvalue weighted by molar-refractivity contribution is 0.914. The highest BCUT2D eigenvalue weighted by atomic mass is 79.9. The van der Waals surface area contributed by atoms with Crippen molar-refractivity contribution in [2.45, 2.75) is 6.04 Å². The van der Waals surface area contributed by atoms with E-state index in [9.17, 15) is 0 Å². The third-order valence-electron chi connectivity index (χ3n) is 1.58. The Bertz CT molecular complexity index is 299. The Labute approximate surface area is 85.3 Å². The van der Waals surface area contributed by atoms with Crippen molar-refractivity contribution in [1.29, 1.82) is 0 Å². The first kappa shape index (κ1) is 9.78. The van der Waals surface area contributed by atoms with Gasteiger partial charge in [-0.2, -0.15) is 0 Å². The topological polar surface area (TPSA) is 26.0 Å². The molecular formula is C9H9BrClN. The van der Waals surface area contributed by atoms with Crippen molar-refractivity contribution in [3.8, 4) is 0 Å². The molecule has 0 saturated heterocycles. The minimum Gasteiger partial charge on any atom is -0.321 e. The van der Waals surface area contributed by atoms with E-state index in [1.807, 2.05) is 18.2 Å². The molecule has 12 heavy (non-hydrogen) atoms. The number of hydrogen-bond donors (Lipinski definition) is 1. The second-order valence-corrected chi connectivity index (χ2v) is 3.75. The number of hydrogen-bond acceptors (Lipinski definition) is 1. The second kappa shape index (κ2) is 4.08. The molecule has 1 aromatic rings. The number of benzene rings is 1. The molecule has 0 heterocycles. The SMILES string of the molecule is C=C[C@@H](N)c1ccc(Br)cc1Cl. The van der Waals surface area contributed by atoms with E-state index in [0.717, 1.165) is 10.0 Å². The van der Waals surface area contributed by atoms with Gasteiger partial charge < -0.3 is 5.73 Å². The molecule has 0 aliphatic heterocycles. The maximum absolute atomic E-state index is 5.95. The van der Waals surface area contributed by atoms with Gasteiger partial charge in [0.1, 0.15) is 0 Å². The third-order valence-corrected chi connectivity index (χ3v) is 2.40. The van der Waals surface area contributed by atoms with Crippen LogP contribution in [0.5, 0.6) is 0 Å². The van der Waals surface area contributed by atoms with Gasteiger partial charge in [-0.05, 0) is 17.7 Å². The fourth-order valence-corrected chi connectivity index (χ4v) is 1.70. The van der Waals surface area contributed by atoms with Crippen LogP contribution in [0.3, 0.4) is 0 Å². The minimum absolute atomic E-state index is 0.189. The fraction of sp³-hybridized carbons (Fsp3) is 0.111. The normalized spacial score (nSPS) is 12.6.